The molecule has 1 heterocycles. The van der Waals surface area contributed by atoms with Crippen LogP contribution in [0, 0.1) is 0 Å². The Balaban J connectivity index is 2.36. The molecule has 0 aliphatic carbocycles. The molecule has 0 bridgehead atoms. The van der Waals surface area contributed by atoms with Crippen LogP contribution in [0.15, 0.2) is 18.2 Å². The van der Waals surface area contributed by atoms with Gasteiger partial charge in [-0.05, 0) is 31.5 Å². The first-order valence-corrected chi connectivity index (χ1v) is 5.71. The van der Waals surface area contributed by atoms with Crippen LogP contribution in [0.4, 0.5) is 0 Å². The molecule has 0 spiro atoms. The highest BCUT2D eigenvalue weighted by molar-refractivity contribution is 5.85. The van der Waals surface area contributed by atoms with Crippen LogP contribution in [0.2, 0.25) is 0 Å². The van der Waals surface area contributed by atoms with Crippen LogP contribution in [-0.2, 0) is 6.54 Å². The van der Waals surface area contributed by atoms with Gasteiger partial charge in [0.1, 0.15) is 5.69 Å². The minimum atomic E-state index is -1.02. The van der Waals surface area contributed by atoms with Crippen molar-refractivity contribution in [2.24, 2.45) is 0 Å². The zero-order valence-electron chi connectivity index (χ0n) is 9.89. The molecule has 0 aliphatic heterocycles. The van der Waals surface area contributed by atoms with Gasteiger partial charge in [-0.3, -0.25) is 0 Å². The van der Waals surface area contributed by atoms with Gasteiger partial charge >= 0.3 is 5.97 Å². The minimum Gasteiger partial charge on any atom is -0.477 e. The number of aliphatic hydroxyl groups excluding tert-OH is 1. The first-order valence-electron chi connectivity index (χ1n) is 5.71. The molecule has 0 amide bonds. The zero-order valence-corrected chi connectivity index (χ0v) is 9.89. The van der Waals surface area contributed by atoms with Crippen LogP contribution >= 0.6 is 0 Å². The largest absolute Gasteiger partial charge is 0.477 e. The third-order valence-corrected chi connectivity index (χ3v) is 2.46. The Morgan fingerprint density at radius 3 is 2.94 bits per heavy atom. The molecule has 0 radical (unpaired) electrons. The second-order valence-electron chi connectivity index (χ2n) is 3.85. The Kier molecular flexibility index (Phi) is 5.59. The number of hydrogen-bond donors (Lipinski definition) is 3. The van der Waals surface area contributed by atoms with E-state index in [4.69, 9.17) is 5.11 Å². The van der Waals surface area contributed by atoms with Crippen molar-refractivity contribution in [3.05, 3.63) is 29.6 Å². The number of nitrogens with zero attached hydrogens (tertiary/aromatic N) is 1. The smallest absolute Gasteiger partial charge is 0.354 e. The van der Waals surface area contributed by atoms with E-state index in [1.54, 1.807) is 12.1 Å². The molecule has 17 heavy (non-hydrogen) atoms. The summed E-state index contributed by atoms with van der Waals surface area (Å²) in [4.78, 5) is 14.7. The third-order valence-electron chi connectivity index (χ3n) is 2.46. The fourth-order valence-electron chi connectivity index (χ4n) is 1.39. The molecule has 1 aromatic heterocycles. The van der Waals surface area contributed by atoms with Gasteiger partial charge < -0.3 is 15.5 Å². The van der Waals surface area contributed by atoms with Crippen LogP contribution in [0.5, 0.6) is 0 Å². The summed E-state index contributed by atoms with van der Waals surface area (Å²) in [5.41, 5.74) is 0.744. The van der Waals surface area contributed by atoms with Crippen molar-refractivity contribution >= 4 is 5.97 Å². The van der Waals surface area contributed by atoms with Gasteiger partial charge in [0.25, 0.3) is 0 Å². The van der Waals surface area contributed by atoms with E-state index in [2.05, 4.69) is 10.3 Å². The zero-order chi connectivity index (χ0) is 12.7. The molecule has 0 saturated heterocycles. The van der Waals surface area contributed by atoms with Gasteiger partial charge in [0.15, 0.2) is 0 Å². The number of nitrogens with one attached hydrogen (secondary N) is 1. The van der Waals surface area contributed by atoms with Crippen LogP contribution in [0.3, 0.4) is 0 Å². The Labute approximate surface area is 101 Å². The Hall–Kier alpha value is -1.46. The summed E-state index contributed by atoms with van der Waals surface area (Å²) >= 11 is 0. The van der Waals surface area contributed by atoms with Crippen LogP contribution < -0.4 is 5.32 Å². The number of rotatable bonds is 7. The van der Waals surface area contributed by atoms with Gasteiger partial charge in [-0.2, -0.15) is 0 Å². The number of carboxylic acid groups (broad SMARTS) is 1. The van der Waals surface area contributed by atoms with Crippen LogP contribution in [0.25, 0.3) is 0 Å². The number of carboxylic acids is 1. The van der Waals surface area contributed by atoms with E-state index in [-0.39, 0.29) is 11.8 Å². The second kappa shape index (κ2) is 6.98. The van der Waals surface area contributed by atoms with Crippen molar-refractivity contribution in [2.75, 3.05) is 6.54 Å². The molecule has 1 unspecified atom stereocenters. The fraction of sp³-hybridized carbons (Fsp3) is 0.500. The maximum absolute atomic E-state index is 10.7. The monoisotopic (exact) mass is 238 g/mol. The Bertz CT molecular complexity index is 369. The number of aliphatic hydroxyl groups is 1. The highest BCUT2D eigenvalue weighted by atomic mass is 16.4. The number of aromatic carboxylic acids is 1. The number of carbonyl (C=O) groups is 1. The summed E-state index contributed by atoms with van der Waals surface area (Å²) in [7, 11) is 0. The highest BCUT2D eigenvalue weighted by Gasteiger charge is 2.05. The molecule has 94 valence electrons. The number of aromatic nitrogens is 1. The fourth-order valence-corrected chi connectivity index (χ4v) is 1.39. The molecule has 5 nitrogen and oxygen atoms in total. The average Bonchev–Trinajstić information content (AvgIpc) is 2.34. The van der Waals surface area contributed by atoms with Crippen molar-refractivity contribution < 1.29 is 15.0 Å². The number of pyridine rings is 1. The SMILES string of the molecule is CCC(O)CCNCc1cccc(C(=O)O)n1. The molecule has 1 aromatic rings. The molecule has 0 aliphatic rings. The Morgan fingerprint density at radius 2 is 2.29 bits per heavy atom. The summed E-state index contributed by atoms with van der Waals surface area (Å²) in [6, 6.07) is 4.91. The highest BCUT2D eigenvalue weighted by Crippen LogP contribution is 2.00. The molecule has 1 atom stereocenters. The summed E-state index contributed by atoms with van der Waals surface area (Å²) in [5, 5.41) is 21.2. The first-order chi connectivity index (χ1) is 8.13. The molecule has 0 aromatic carbocycles. The average molecular weight is 238 g/mol. The van der Waals surface area contributed by atoms with Gasteiger partial charge in [0.2, 0.25) is 0 Å². The van der Waals surface area contributed by atoms with E-state index >= 15 is 0 Å². The summed E-state index contributed by atoms with van der Waals surface area (Å²) in [6.45, 7) is 3.13. The summed E-state index contributed by atoms with van der Waals surface area (Å²) in [5.74, 6) is -1.02. The molecule has 1 rings (SSSR count). The molecular formula is C12H18N2O3. The van der Waals surface area contributed by atoms with E-state index < -0.39 is 5.97 Å². The van der Waals surface area contributed by atoms with Gasteiger partial charge in [-0.15, -0.1) is 0 Å². The van der Waals surface area contributed by atoms with Gasteiger partial charge in [-0.25, -0.2) is 9.78 Å². The van der Waals surface area contributed by atoms with Crippen LogP contribution in [0.1, 0.15) is 35.9 Å². The number of hydrogen-bond acceptors (Lipinski definition) is 4. The van der Waals surface area contributed by atoms with Crippen LogP contribution in [-0.4, -0.2) is 33.8 Å². The lowest BCUT2D eigenvalue weighted by Gasteiger charge is -2.08. The lowest BCUT2D eigenvalue weighted by Crippen LogP contribution is -2.20. The lowest BCUT2D eigenvalue weighted by atomic mass is 10.2. The van der Waals surface area contributed by atoms with Crippen molar-refractivity contribution in [1.29, 1.82) is 0 Å². The topological polar surface area (TPSA) is 82.5 Å². The van der Waals surface area contributed by atoms with E-state index in [0.717, 1.165) is 6.42 Å². The standard InChI is InChI=1S/C12H18N2O3/c1-2-10(15)6-7-13-8-9-4-3-5-11(14-9)12(16)17/h3-5,10,13,15H,2,6-8H2,1H3,(H,16,17). The molecular weight excluding hydrogens is 220 g/mol. The van der Waals surface area contributed by atoms with E-state index in [0.29, 0.717) is 25.2 Å². The lowest BCUT2D eigenvalue weighted by molar-refractivity contribution is 0.0690. The second-order valence-corrected chi connectivity index (χ2v) is 3.85. The van der Waals surface area contributed by atoms with Gasteiger partial charge in [0.05, 0.1) is 11.8 Å². The maximum atomic E-state index is 10.7. The molecule has 0 fully saturated rings. The van der Waals surface area contributed by atoms with Crippen molar-refractivity contribution in [3.63, 3.8) is 0 Å². The Morgan fingerprint density at radius 1 is 1.53 bits per heavy atom. The van der Waals surface area contributed by atoms with Crippen molar-refractivity contribution in [1.82, 2.24) is 10.3 Å². The minimum absolute atomic E-state index is 0.0536. The van der Waals surface area contributed by atoms with Crippen molar-refractivity contribution in [2.45, 2.75) is 32.4 Å². The summed E-state index contributed by atoms with van der Waals surface area (Å²) in [6.07, 6.45) is 1.16. The van der Waals surface area contributed by atoms with Crippen molar-refractivity contribution in [3.8, 4) is 0 Å². The molecule has 5 heteroatoms. The van der Waals surface area contributed by atoms with E-state index in [1.807, 2.05) is 6.92 Å². The van der Waals surface area contributed by atoms with Gasteiger partial charge in [-0.1, -0.05) is 13.0 Å². The third kappa shape index (κ3) is 4.93. The predicted molar refractivity (Wildman–Crippen MR) is 63.8 cm³/mol. The predicted octanol–water partition coefficient (Wildman–Crippen LogP) is 1.03. The first kappa shape index (κ1) is 13.6. The maximum Gasteiger partial charge on any atom is 0.354 e. The van der Waals surface area contributed by atoms with E-state index in [9.17, 15) is 9.90 Å². The quantitative estimate of drug-likeness (QED) is 0.618. The summed E-state index contributed by atoms with van der Waals surface area (Å²) < 4.78 is 0. The molecule has 0 saturated carbocycles. The van der Waals surface area contributed by atoms with E-state index in [1.165, 1.54) is 6.07 Å². The van der Waals surface area contributed by atoms with Gasteiger partial charge in [0, 0.05) is 6.54 Å². The normalized spacial score (nSPS) is 12.4. The molecule has 3 N–H and O–H groups in total.